The van der Waals surface area contributed by atoms with E-state index in [4.69, 9.17) is 13.0 Å². The molecule has 5 nitrogen and oxygen atoms in total. The molecule has 0 unspecified atom stereocenters. The Labute approximate surface area is 302 Å². The average molecular weight is 729 g/mol. The zero-order valence-electron chi connectivity index (χ0n) is 33.2. The van der Waals surface area contributed by atoms with Gasteiger partial charge in [0.2, 0.25) is 0 Å². The SMILES string of the molecule is C=C1[C@H](O[Si](C)(C)C(C)(C)C)CC(=C/C=C2\CCC[C@]3(C)[C@@H]([C@H](C)COS(=O)(=O)c4ccc(C)cc4)CC[C@@H]23)C[C@H]1O[Si](C)(C)C(C)(C)C. The standard InChI is InChI=1S/C41H68O5SSi2/c1-29-17-21-34(22-18-29)47(42,43)44-28-30(2)35-23-24-36-33(16-15-25-41(35,36)10)20-19-32-26-37(45-48(11,12)39(4,5)6)31(3)38(27-32)46-49(13,14)40(7,8)9/h17-22,30,35-38H,3,15-16,23-28H2,1-2,4-14H3/b33-20+/t30-,35-,36+,37-,38-,41-/m1/s1. The topological polar surface area (TPSA) is 61.8 Å². The fourth-order valence-electron chi connectivity index (χ4n) is 7.99. The summed E-state index contributed by atoms with van der Waals surface area (Å²) in [7, 11) is -7.83. The van der Waals surface area contributed by atoms with E-state index < -0.39 is 26.8 Å². The van der Waals surface area contributed by atoms with Crippen LogP contribution in [0.5, 0.6) is 0 Å². The summed E-state index contributed by atoms with van der Waals surface area (Å²) in [6.07, 6.45) is 12.3. The maximum Gasteiger partial charge on any atom is 0.296 e. The highest BCUT2D eigenvalue weighted by Crippen LogP contribution is 2.59. The fraction of sp³-hybridized carbons (Fsp3) is 0.707. The Morgan fingerprint density at radius 3 is 1.96 bits per heavy atom. The van der Waals surface area contributed by atoms with Crippen LogP contribution in [0.2, 0.25) is 36.3 Å². The second-order valence-corrected chi connectivity index (χ2v) is 30.0. The molecule has 1 aromatic rings. The summed E-state index contributed by atoms with van der Waals surface area (Å²) in [5.41, 5.74) is 5.24. The van der Waals surface area contributed by atoms with Crippen molar-refractivity contribution in [2.24, 2.45) is 23.2 Å². The molecule has 0 aliphatic heterocycles. The second kappa shape index (κ2) is 14.6. The highest BCUT2D eigenvalue weighted by atomic mass is 32.2. The van der Waals surface area contributed by atoms with Gasteiger partial charge in [0.1, 0.15) is 0 Å². The van der Waals surface area contributed by atoms with Gasteiger partial charge in [0.05, 0.1) is 23.7 Å². The number of fused-ring (bicyclic) bond motifs is 1. The van der Waals surface area contributed by atoms with E-state index in [0.717, 1.165) is 43.2 Å². The summed E-state index contributed by atoms with van der Waals surface area (Å²) in [6.45, 7) is 34.6. The van der Waals surface area contributed by atoms with Gasteiger partial charge in [0.15, 0.2) is 16.6 Å². The largest absolute Gasteiger partial charge is 0.410 e. The van der Waals surface area contributed by atoms with Crippen LogP contribution >= 0.6 is 0 Å². The molecule has 0 aromatic heterocycles. The first kappa shape index (κ1) is 40.5. The Bertz CT molecular complexity index is 1470. The molecule has 0 amide bonds. The molecule has 3 aliphatic rings. The zero-order chi connectivity index (χ0) is 36.8. The summed E-state index contributed by atoms with van der Waals surface area (Å²) >= 11 is 0. The molecule has 0 saturated heterocycles. The van der Waals surface area contributed by atoms with Gasteiger partial charge in [0, 0.05) is 0 Å². The summed E-state index contributed by atoms with van der Waals surface area (Å²) in [4.78, 5) is 0.233. The molecule has 276 valence electrons. The van der Waals surface area contributed by atoms with Gasteiger partial charge >= 0.3 is 0 Å². The van der Waals surface area contributed by atoms with Crippen LogP contribution in [0.4, 0.5) is 0 Å². The van der Waals surface area contributed by atoms with Gasteiger partial charge in [-0.25, -0.2) is 0 Å². The lowest BCUT2D eigenvalue weighted by Gasteiger charge is -2.46. The summed E-state index contributed by atoms with van der Waals surface area (Å²) in [6, 6.07) is 6.92. The molecular weight excluding hydrogens is 661 g/mol. The average Bonchev–Trinajstić information content (AvgIpc) is 3.33. The molecule has 0 bridgehead atoms. The summed E-state index contributed by atoms with van der Waals surface area (Å²) in [5, 5.41) is 0.232. The van der Waals surface area contributed by atoms with E-state index >= 15 is 0 Å². The zero-order valence-corrected chi connectivity index (χ0v) is 36.0. The molecule has 0 N–H and O–H groups in total. The predicted molar refractivity (Wildman–Crippen MR) is 210 cm³/mol. The van der Waals surface area contributed by atoms with Crippen molar-refractivity contribution >= 4 is 26.8 Å². The predicted octanol–water partition coefficient (Wildman–Crippen LogP) is 11.5. The molecule has 3 saturated carbocycles. The van der Waals surface area contributed by atoms with Crippen LogP contribution in [0.1, 0.15) is 106 Å². The van der Waals surface area contributed by atoms with Gasteiger partial charge in [-0.2, -0.15) is 8.42 Å². The smallest absolute Gasteiger partial charge is 0.296 e. The molecule has 3 fully saturated rings. The van der Waals surface area contributed by atoms with E-state index in [1.54, 1.807) is 17.7 Å². The van der Waals surface area contributed by atoms with Crippen molar-refractivity contribution in [2.75, 3.05) is 6.61 Å². The molecule has 3 aliphatic carbocycles. The van der Waals surface area contributed by atoms with Crippen LogP contribution in [0.25, 0.3) is 0 Å². The molecular formula is C41H68O5SSi2. The van der Waals surface area contributed by atoms with Gasteiger partial charge in [-0.05, 0) is 129 Å². The van der Waals surface area contributed by atoms with E-state index in [1.807, 2.05) is 19.1 Å². The minimum Gasteiger partial charge on any atom is -0.410 e. The molecule has 0 radical (unpaired) electrons. The molecule has 49 heavy (non-hydrogen) atoms. The third kappa shape index (κ3) is 9.02. The number of hydrogen-bond donors (Lipinski definition) is 0. The highest BCUT2D eigenvalue weighted by molar-refractivity contribution is 7.86. The fourth-order valence-corrected chi connectivity index (χ4v) is 11.6. The number of benzene rings is 1. The van der Waals surface area contributed by atoms with Crippen molar-refractivity contribution < 1.29 is 21.5 Å². The normalized spacial score (nSPS) is 28.9. The summed E-state index contributed by atoms with van der Waals surface area (Å²) < 4.78 is 45.8. The van der Waals surface area contributed by atoms with E-state index in [9.17, 15) is 8.42 Å². The van der Waals surface area contributed by atoms with Crippen LogP contribution in [0.3, 0.4) is 0 Å². The number of rotatable bonds is 10. The van der Waals surface area contributed by atoms with Crippen molar-refractivity contribution in [3.8, 4) is 0 Å². The first-order valence-electron chi connectivity index (χ1n) is 18.8. The minimum absolute atomic E-state index is 0.0291. The first-order valence-corrected chi connectivity index (χ1v) is 26.0. The Morgan fingerprint density at radius 2 is 1.45 bits per heavy atom. The second-order valence-electron chi connectivity index (χ2n) is 18.9. The number of aryl methyl sites for hydroxylation is 1. The number of allylic oxidation sites excluding steroid dienone is 3. The van der Waals surface area contributed by atoms with Crippen molar-refractivity contribution in [2.45, 2.75) is 161 Å². The lowest BCUT2D eigenvalue weighted by molar-refractivity contribution is 0.0760. The molecule has 6 atom stereocenters. The van der Waals surface area contributed by atoms with Gasteiger partial charge < -0.3 is 8.85 Å². The molecule has 4 rings (SSSR count). The quantitative estimate of drug-likeness (QED) is 0.136. The van der Waals surface area contributed by atoms with Crippen LogP contribution < -0.4 is 0 Å². The first-order chi connectivity index (χ1) is 22.4. The Kier molecular flexibility index (Phi) is 12.1. The lowest BCUT2D eigenvalue weighted by atomic mass is 9.61. The van der Waals surface area contributed by atoms with Crippen molar-refractivity contribution in [3.63, 3.8) is 0 Å². The van der Waals surface area contributed by atoms with Gasteiger partial charge in [0.25, 0.3) is 10.1 Å². The Balaban J connectivity index is 1.54. The Morgan fingerprint density at radius 1 is 0.918 bits per heavy atom. The van der Waals surface area contributed by atoms with Crippen molar-refractivity contribution in [3.05, 3.63) is 65.3 Å². The van der Waals surface area contributed by atoms with E-state index in [1.165, 1.54) is 18.4 Å². The van der Waals surface area contributed by atoms with Gasteiger partial charge in [-0.3, -0.25) is 4.18 Å². The molecule has 0 spiro atoms. The van der Waals surface area contributed by atoms with Gasteiger partial charge in [-0.15, -0.1) is 0 Å². The maximum atomic E-state index is 13.0. The highest BCUT2D eigenvalue weighted by Gasteiger charge is 2.51. The van der Waals surface area contributed by atoms with Crippen LogP contribution in [-0.4, -0.2) is 43.9 Å². The number of hydrogen-bond acceptors (Lipinski definition) is 5. The van der Waals surface area contributed by atoms with Crippen LogP contribution in [0, 0.1) is 30.1 Å². The Hall–Kier alpha value is -1.30. The maximum absolute atomic E-state index is 13.0. The molecule has 8 heteroatoms. The lowest BCUT2D eigenvalue weighted by Crippen LogP contribution is -2.49. The summed E-state index contributed by atoms with van der Waals surface area (Å²) in [5.74, 6) is 1.08. The van der Waals surface area contributed by atoms with E-state index in [2.05, 4.69) is 100 Å². The molecule has 1 aromatic carbocycles. The molecule has 0 heterocycles. The van der Waals surface area contributed by atoms with Crippen molar-refractivity contribution in [1.29, 1.82) is 0 Å². The van der Waals surface area contributed by atoms with Crippen LogP contribution in [0.15, 0.2) is 64.6 Å². The van der Waals surface area contributed by atoms with Crippen molar-refractivity contribution in [1.82, 2.24) is 0 Å². The van der Waals surface area contributed by atoms with Gasteiger partial charge in [-0.1, -0.05) is 103 Å². The minimum atomic E-state index is -3.78. The third-order valence-electron chi connectivity index (χ3n) is 13.3. The van der Waals surface area contributed by atoms with Crippen LogP contribution in [-0.2, 0) is 23.2 Å². The van der Waals surface area contributed by atoms with E-state index in [0.29, 0.717) is 11.8 Å². The monoisotopic (exact) mass is 728 g/mol. The van der Waals surface area contributed by atoms with E-state index in [-0.39, 0.29) is 45.1 Å². The third-order valence-corrected chi connectivity index (χ3v) is 23.5.